The van der Waals surface area contributed by atoms with Gasteiger partial charge in [0.2, 0.25) is 0 Å². The lowest BCUT2D eigenvalue weighted by Gasteiger charge is -2.35. The van der Waals surface area contributed by atoms with E-state index in [1.807, 2.05) is 0 Å². The molecule has 2 unspecified atom stereocenters. The summed E-state index contributed by atoms with van der Waals surface area (Å²) in [5.74, 6) is 0. The Kier molecular flexibility index (Phi) is 6.05. The first-order valence-electron chi connectivity index (χ1n) is 16.6. The van der Waals surface area contributed by atoms with Crippen molar-refractivity contribution in [1.29, 1.82) is 0 Å². The first-order valence-corrected chi connectivity index (χ1v) is 16.6. The van der Waals surface area contributed by atoms with Crippen LogP contribution in [0.15, 0.2) is 170 Å². The van der Waals surface area contributed by atoms with Gasteiger partial charge in [0.15, 0.2) is 0 Å². The zero-order valence-corrected chi connectivity index (χ0v) is 26.2. The van der Waals surface area contributed by atoms with Crippen LogP contribution < -0.4 is 10.6 Å². The molecule has 2 atom stereocenters. The number of anilines is 1. The summed E-state index contributed by atoms with van der Waals surface area (Å²) in [6.07, 6.45) is -0.0292. The van der Waals surface area contributed by atoms with Crippen LogP contribution in [0.25, 0.3) is 55.0 Å². The van der Waals surface area contributed by atoms with Crippen LogP contribution in [0.5, 0.6) is 0 Å². The molecule has 3 heterocycles. The Bertz CT molecular complexity index is 2610. The van der Waals surface area contributed by atoms with Crippen LogP contribution in [0.2, 0.25) is 0 Å². The minimum Gasteiger partial charge on any atom is -0.366 e. The molecular formula is C44H32N4. The molecule has 2 aromatic heterocycles. The van der Waals surface area contributed by atoms with Crippen molar-refractivity contribution in [3.8, 4) is 11.4 Å². The minimum absolute atomic E-state index is 0.0292. The molecule has 228 valence electrons. The van der Waals surface area contributed by atoms with Gasteiger partial charge in [0, 0.05) is 38.6 Å². The van der Waals surface area contributed by atoms with Crippen molar-refractivity contribution >= 4 is 49.3 Å². The third-order valence-electron chi connectivity index (χ3n) is 10.0. The second-order valence-electron chi connectivity index (χ2n) is 12.7. The first-order chi connectivity index (χ1) is 23.8. The molecule has 0 saturated heterocycles. The number of hydrogen-bond donors (Lipinski definition) is 2. The van der Waals surface area contributed by atoms with E-state index in [9.17, 15) is 0 Å². The van der Waals surface area contributed by atoms with E-state index in [0.29, 0.717) is 0 Å². The van der Waals surface area contributed by atoms with E-state index in [4.69, 9.17) is 0 Å². The highest BCUT2D eigenvalue weighted by molar-refractivity contribution is 6.19. The van der Waals surface area contributed by atoms with Gasteiger partial charge in [-0.3, -0.25) is 5.32 Å². The number of aromatic nitrogens is 2. The maximum absolute atomic E-state index is 3.89. The lowest BCUT2D eigenvalue weighted by molar-refractivity contribution is 0.506. The van der Waals surface area contributed by atoms with Crippen molar-refractivity contribution in [2.24, 2.45) is 0 Å². The molecule has 10 rings (SSSR count). The number of nitrogens with zero attached hydrogens (tertiary/aromatic N) is 2. The molecule has 4 heteroatoms. The SMILES string of the molecule is c1ccc(C2NC(c3ccc(-n4c5ccccc5c5cc6c7ccccc7n(-c7ccccc7)c6cc54)cc3)Nc3ccccc32)cc1. The smallest absolute Gasteiger partial charge is 0.104 e. The topological polar surface area (TPSA) is 33.9 Å². The van der Waals surface area contributed by atoms with Crippen molar-refractivity contribution < 1.29 is 0 Å². The van der Waals surface area contributed by atoms with E-state index in [0.717, 1.165) is 11.4 Å². The fourth-order valence-electron chi connectivity index (χ4n) is 7.81. The Morgan fingerprint density at radius 2 is 0.938 bits per heavy atom. The van der Waals surface area contributed by atoms with Crippen LogP contribution in [0.3, 0.4) is 0 Å². The first kappa shape index (κ1) is 27.1. The zero-order valence-electron chi connectivity index (χ0n) is 26.2. The summed E-state index contributed by atoms with van der Waals surface area (Å²) in [6.45, 7) is 0. The Morgan fingerprint density at radius 1 is 0.396 bits per heavy atom. The minimum atomic E-state index is -0.0292. The number of fused-ring (bicyclic) bond motifs is 7. The molecule has 0 amide bonds. The normalized spacial score (nSPS) is 16.0. The number of para-hydroxylation sites is 4. The average molecular weight is 617 g/mol. The largest absolute Gasteiger partial charge is 0.366 e. The van der Waals surface area contributed by atoms with Crippen LogP contribution >= 0.6 is 0 Å². The van der Waals surface area contributed by atoms with E-state index < -0.39 is 0 Å². The van der Waals surface area contributed by atoms with Gasteiger partial charge >= 0.3 is 0 Å². The summed E-state index contributed by atoms with van der Waals surface area (Å²) in [6, 6.07) is 61.5. The molecule has 0 bridgehead atoms. The average Bonchev–Trinajstić information content (AvgIpc) is 3.66. The van der Waals surface area contributed by atoms with Crippen molar-refractivity contribution in [2.45, 2.75) is 12.2 Å². The summed E-state index contributed by atoms with van der Waals surface area (Å²) in [7, 11) is 0. The van der Waals surface area contributed by atoms with Crippen LogP contribution in [-0.2, 0) is 0 Å². The Hall–Kier alpha value is -6.10. The van der Waals surface area contributed by atoms with E-state index in [1.165, 1.54) is 66.0 Å². The molecule has 0 saturated carbocycles. The fraction of sp³-hybridized carbons (Fsp3) is 0.0455. The maximum atomic E-state index is 3.89. The number of rotatable bonds is 4. The molecule has 4 nitrogen and oxygen atoms in total. The summed E-state index contributed by atoms with van der Waals surface area (Å²) < 4.78 is 4.82. The van der Waals surface area contributed by atoms with Gasteiger partial charge in [-0.1, -0.05) is 115 Å². The third kappa shape index (κ3) is 4.13. The van der Waals surface area contributed by atoms with E-state index in [-0.39, 0.29) is 12.2 Å². The summed E-state index contributed by atoms with van der Waals surface area (Å²) in [5.41, 5.74) is 12.0. The predicted molar refractivity (Wildman–Crippen MR) is 199 cm³/mol. The van der Waals surface area contributed by atoms with E-state index in [2.05, 4.69) is 190 Å². The molecule has 0 spiro atoms. The van der Waals surface area contributed by atoms with Gasteiger partial charge in [-0.05, 0) is 71.3 Å². The molecule has 7 aromatic carbocycles. The molecule has 0 fully saturated rings. The second kappa shape index (κ2) is 10.7. The number of nitrogens with one attached hydrogen (secondary N) is 2. The molecular weight excluding hydrogens is 585 g/mol. The van der Waals surface area contributed by atoms with Crippen LogP contribution in [0.1, 0.15) is 28.9 Å². The molecule has 0 radical (unpaired) electrons. The highest BCUT2D eigenvalue weighted by atomic mass is 15.2. The number of hydrogen-bond acceptors (Lipinski definition) is 2. The van der Waals surface area contributed by atoms with Crippen molar-refractivity contribution in [2.75, 3.05) is 5.32 Å². The van der Waals surface area contributed by atoms with Crippen molar-refractivity contribution in [1.82, 2.24) is 14.5 Å². The quantitative estimate of drug-likeness (QED) is 0.206. The highest BCUT2D eigenvalue weighted by Gasteiger charge is 2.27. The standard InChI is InChI=1S/C44H32N4/c1-3-13-29(14-4-1)43-35-19-7-10-20-38(35)45-44(46-43)30-23-25-32(26-24-30)48-40-22-12-9-18-34(40)37-27-36-33-17-8-11-21-39(33)47(41(36)28-42(37)48)31-15-5-2-6-16-31/h1-28,43-46H. The molecule has 48 heavy (non-hydrogen) atoms. The van der Waals surface area contributed by atoms with Gasteiger partial charge in [-0.15, -0.1) is 0 Å². The lowest BCUT2D eigenvalue weighted by Crippen LogP contribution is -2.37. The molecule has 1 aliphatic rings. The van der Waals surface area contributed by atoms with Gasteiger partial charge in [0.1, 0.15) is 6.17 Å². The second-order valence-corrected chi connectivity index (χ2v) is 12.7. The molecule has 0 aliphatic carbocycles. The van der Waals surface area contributed by atoms with Gasteiger partial charge in [0.25, 0.3) is 0 Å². The van der Waals surface area contributed by atoms with Crippen molar-refractivity contribution in [3.05, 3.63) is 187 Å². The van der Waals surface area contributed by atoms with Crippen LogP contribution in [0, 0.1) is 0 Å². The third-order valence-corrected chi connectivity index (χ3v) is 10.0. The summed E-state index contributed by atoms with van der Waals surface area (Å²) in [5, 5.41) is 12.7. The Labute approximate surface area is 278 Å². The molecule has 2 N–H and O–H groups in total. The van der Waals surface area contributed by atoms with Gasteiger partial charge in [-0.25, -0.2) is 0 Å². The number of benzene rings is 7. The fourth-order valence-corrected chi connectivity index (χ4v) is 7.81. The Morgan fingerprint density at radius 3 is 1.60 bits per heavy atom. The maximum Gasteiger partial charge on any atom is 0.104 e. The van der Waals surface area contributed by atoms with Gasteiger partial charge in [-0.2, -0.15) is 0 Å². The predicted octanol–water partition coefficient (Wildman–Crippen LogP) is 10.7. The highest BCUT2D eigenvalue weighted by Crippen LogP contribution is 2.40. The lowest BCUT2D eigenvalue weighted by atomic mass is 9.93. The monoisotopic (exact) mass is 616 g/mol. The Balaban J connectivity index is 1.13. The van der Waals surface area contributed by atoms with Crippen LogP contribution in [0.4, 0.5) is 5.69 Å². The zero-order chi connectivity index (χ0) is 31.6. The van der Waals surface area contributed by atoms with E-state index in [1.54, 1.807) is 0 Å². The molecule has 9 aromatic rings. The van der Waals surface area contributed by atoms with Crippen LogP contribution in [-0.4, -0.2) is 9.13 Å². The summed E-state index contributed by atoms with van der Waals surface area (Å²) in [4.78, 5) is 0. The van der Waals surface area contributed by atoms with E-state index >= 15 is 0 Å². The van der Waals surface area contributed by atoms with Gasteiger partial charge < -0.3 is 14.5 Å². The molecule has 1 aliphatic heterocycles. The van der Waals surface area contributed by atoms with Crippen molar-refractivity contribution in [3.63, 3.8) is 0 Å². The van der Waals surface area contributed by atoms with Gasteiger partial charge in [0.05, 0.1) is 28.1 Å². The summed E-state index contributed by atoms with van der Waals surface area (Å²) >= 11 is 0.